The zero-order valence-electron chi connectivity index (χ0n) is 11.8. The molecule has 96 valence electrons. The molecule has 0 aliphatic heterocycles. The summed E-state index contributed by atoms with van der Waals surface area (Å²) in [6.07, 6.45) is 0. The fourth-order valence-electron chi connectivity index (χ4n) is 1.77. The Morgan fingerprint density at radius 2 is 1.83 bits per heavy atom. The molecule has 1 aromatic rings. The first-order valence-electron chi connectivity index (χ1n) is 6.10. The minimum Gasteiger partial charge on any atom is -0.464 e. The van der Waals surface area contributed by atoms with E-state index in [9.17, 15) is 4.79 Å². The maximum absolute atomic E-state index is 11.8. The van der Waals surface area contributed by atoms with Crippen LogP contribution in [-0.4, -0.2) is 26.0 Å². The standard InChI is InChI=1S/C14H20BNO2/c1-6-18-13(17)14(4,5)16-11-7-9(2)12(15)10(3)8-11/h7-8,16H,6H2,1-5H3. The van der Waals surface area contributed by atoms with E-state index in [-0.39, 0.29) is 5.97 Å². The lowest BCUT2D eigenvalue weighted by atomic mass is 9.86. The molecule has 0 spiro atoms. The van der Waals surface area contributed by atoms with Gasteiger partial charge in [-0.3, -0.25) is 0 Å². The fraction of sp³-hybridized carbons (Fsp3) is 0.500. The summed E-state index contributed by atoms with van der Waals surface area (Å²) in [6, 6.07) is 3.87. The number of carbonyl (C=O) groups excluding carboxylic acids is 1. The zero-order chi connectivity index (χ0) is 13.9. The minimum atomic E-state index is -0.759. The van der Waals surface area contributed by atoms with Crippen molar-refractivity contribution >= 4 is 25.0 Å². The number of hydrogen-bond acceptors (Lipinski definition) is 3. The van der Waals surface area contributed by atoms with Crippen LogP contribution in [0.15, 0.2) is 12.1 Å². The van der Waals surface area contributed by atoms with Crippen molar-refractivity contribution in [3.8, 4) is 0 Å². The van der Waals surface area contributed by atoms with E-state index >= 15 is 0 Å². The molecule has 0 bridgehead atoms. The van der Waals surface area contributed by atoms with Crippen molar-refractivity contribution in [2.24, 2.45) is 0 Å². The van der Waals surface area contributed by atoms with E-state index in [1.54, 1.807) is 20.8 Å². The van der Waals surface area contributed by atoms with Crippen molar-refractivity contribution in [2.45, 2.75) is 40.2 Å². The molecule has 0 aliphatic carbocycles. The van der Waals surface area contributed by atoms with Crippen LogP contribution in [0.2, 0.25) is 0 Å². The SMILES string of the molecule is [B]c1c(C)cc(NC(C)(C)C(=O)OCC)cc1C. The second kappa shape index (κ2) is 5.47. The summed E-state index contributed by atoms with van der Waals surface area (Å²) >= 11 is 0. The van der Waals surface area contributed by atoms with Gasteiger partial charge in [-0.1, -0.05) is 16.6 Å². The number of aryl methyl sites for hydroxylation is 2. The average molecular weight is 245 g/mol. The number of anilines is 1. The van der Waals surface area contributed by atoms with Gasteiger partial charge < -0.3 is 10.1 Å². The van der Waals surface area contributed by atoms with E-state index < -0.39 is 5.54 Å². The Balaban J connectivity index is 2.94. The summed E-state index contributed by atoms with van der Waals surface area (Å²) in [7, 11) is 5.90. The number of ether oxygens (including phenoxy) is 1. The van der Waals surface area contributed by atoms with Crippen LogP contribution in [0.25, 0.3) is 0 Å². The molecule has 1 rings (SSSR count). The monoisotopic (exact) mass is 245 g/mol. The number of rotatable bonds is 4. The van der Waals surface area contributed by atoms with Crippen molar-refractivity contribution in [1.29, 1.82) is 0 Å². The molecule has 0 saturated carbocycles. The molecule has 2 radical (unpaired) electrons. The molecular weight excluding hydrogens is 225 g/mol. The summed E-state index contributed by atoms with van der Waals surface area (Å²) < 4.78 is 5.04. The Labute approximate surface area is 110 Å². The highest BCUT2D eigenvalue weighted by Gasteiger charge is 2.28. The Morgan fingerprint density at radius 1 is 1.33 bits per heavy atom. The minimum absolute atomic E-state index is 0.267. The molecule has 0 heterocycles. The fourth-order valence-corrected chi connectivity index (χ4v) is 1.77. The lowest BCUT2D eigenvalue weighted by Crippen LogP contribution is -2.41. The first kappa shape index (κ1) is 14.6. The van der Waals surface area contributed by atoms with Gasteiger partial charge in [-0.2, -0.15) is 0 Å². The predicted octanol–water partition coefficient (Wildman–Crippen LogP) is 1.85. The van der Waals surface area contributed by atoms with E-state index in [0.29, 0.717) is 6.61 Å². The molecular formula is C14H20BNO2. The predicted molar refractivity (Wildman–Crippen MR) is 75.6 cm³/mol. The van der Waals surface area contributed by atoms with Crippen LogP contribution in [0.5, 0.6) is 0 Å². The Bertz CT molecular complexity index is 432. The Hall–Kier alpha value is -1.45. The molecule has 0 aliphatic rings. The second-order valence-electron chi connectivity index (χ2n) is 4.99. The number of nitrogens with one attached hydrogen (secondary N) is 1. The summed E-state index contributed by atoms with van der Waals surface area (Å²) in [5.74, 6) is -0.267. The van der Waals surface area contributed by atoms with Crippen LogP contribution in [-0.2, 0) is 9.53 Å². The van der Waals surface area contributed by atoms with Crippen molar-refractivity contribution in [3.05, 3.63) is 23.3 Å². The highest BCUT2D eigenvalue weighted by molar-refractivity contribution is 6.34. The topological polar surface area (TPSA) is 38.3 Å². The molecule has 4 heteroatoms. The van der Waals surface area contributed by atoms with Crippen LogP contribution >= 0.6 is 0 Å². The van der Waals surface area contributed by atoms with Gasteiger partial charge in [0.15, 0.2) is 0 Å². The van der Waals surface area contributed by atoms with E-state index in [1.165, 1.54) is 0 Å². The molecule has 0 atom stereocenters. The highest BCUT2D eigenvalue weighted by Crippen LogP contribution is 2.18. The van der Waals surface area contributed by atoms with E-state index in [4.69, 9.17) is 12.6 Å². The van der Waals surface area contributed by atoms with Gasteiger partial charge in [0, 0.05) is 5.69 Å². The molecule has 0 aromatic heterocycles. The quantitative estimate of drug-likeness (QED) is 0.649. The molecule has 0 amide bonds. The maximum Gasteiger partial charge on any atom is 0.331 e. The normalized spacial score (nSPS) is 11.2. The number of esters is 1. The van der Waals surface area contributed by atoms with Gasteiger partial charge >= 0.3 is 5.97 Å². The zero-order valence-corrected chi connectivity index (χ0v) is 11.8. The highest BCUT2D eigenvalue weighted by atomic mass is 16.5. The summed E-state index contributed by atoms with van der Waals surface area (Å²) in [4.78, 5) is 11.8. The van der Waals surface area contributed by atoms with Crippen molar-refractivity contribution in [3.63, 3.8) is 0 Å². The lowest BCUT2D eigenvalue weighted by molar-refractivity contribution is -0.147. The second-order valence-corrected chi connectivity index (χ2v) is 4.99. The van der Waals surface area contributed by atoms with Crippen LogP contribution in [0.3, 0.4) is 0 Å². The molecule has 18 heavy (non-hydrogen) atoms. The van der Waals surface area contributed by atoms with Crippen LogP contribution < -0.4 is 10.8 Å². The number of benzene rings is 1. The van der Waals surface area contributed by atoms with Crippen LogP contribution in [0.4, 0.5) is 5.69 Å². The third-order valence-corrected chi connectivity index (χ3v) is 2.84. The summed E-state index contributed by atoms with van der Waals surface area (Å²) in [5, 5.41) is 3.18. The number of hydrogen-bond donors (Lipinski definition) is 1. The van der Waals surface area contributed by atoms with Crippen molar-refractivity contribution in [2.75, 3.05) is 11.9 Å². The van der Waals surface area contributed by atoms with E-state index in [2.05, 4.69) is 5.32 Å². The first-order valence-corrected chi connectivity index (χ1v) is 6.10. The molecule has 3 nitrogen and oxygen atoms in total. The number of carbonyl (C=O) groups is 1. The Kier molecular flexibility index (Phi) is 4.44. The summed E-state index contributed by atoms with van der Waals surface area (Å²) in [6.45, 7) is 9.67. The largest absolute Gasteiger partial charge is 0.464 e. The maximum atomic E-state index is 11.8. The lowest BCUT2D eigenvalue weighted by Gasteiger charge is -2.26. The molecule has 1 N–H and O–H groups in total. The smallest absolute Gasteiger partial charge is 0.331 e. The van der Waals surface area contributed by atoms with Gasteiger partial charge in [0.25, 0.3) is 0 Å². The third kappa shape index (κ3) is 3.28. The van der Waals surface area contributed by atoms with Gasteiger partial charge in [0.05, 0.1) is 6.61 Å². The molecule has 0 unspecified atom stereocenters. The van der Waals surface area contributed by atoms with Crippen LogP contribution in [0.1, 0.15) is 31.9 Å². The molecule has 0 fully saturated rings. The van der Waals surface area contributed by atoms with Crippen LogP contribution in [0, 0.1) is 13.8 Å². The van der Waals surface area contributed by atoms with Gasteiger partial charge in [-0.15, -0.1) is 0 Å². The summed E-state index contributed by atoms with van der Waals surface area (Å²) in [5.41, 5.74) is 2.89. The van der Waals surface area contributed by atoms with Gasteiger partial charge in [-0.05, 0) is 46.8 Å². The average Bonchev–Trinajstić information content (AvgIpc) is 2.25. The molecule has 0 saturated heterocycles. The van der Waals surface area contributed by atoms with Gasteiger partial charge in [-0.25, -0.2) is 4.79 Å². The van der Waals surface area contributed by atoms with Crippen molar-refractivity contribution in [1.82, 2.24) is 0 Å². The van der Waals surface area contributed by atoms with E-state index in [0.717, 1.165) is 22.3 Å². The Morgan fingerprint density at radius 3 is 2.28 bits per heavy atom. The third-order valence-electron chi connectivity index (χ3n) is 2.84. The van der Waals surface area contributed by atoms with Gasteiger partial charge in [0.1, 0.15) is 13.4 Å². The van der Waals surface area contributed by atoms with Crippen molar-refractivity contribution < 1.29 is 9.53 Å². The molecule has 1 aromatic carbocycles. The van der Waals surface area contributed by atoms with E-state index in [1.807, 2.05) is 26.0 Å². The first-order chi connectivity index (χ1) is 8.27. The van der Waals surface area contributed by atoms with Gasteiger partial charge in [0.2, 0.25) is 0 Å².